The van der Waals surface area contributed by atoms with Gasteiger partial charge in [0.25, 0.3) is 5.91 Å². The summed E-state index contributed by atoms with van der Waals surface area (Å²) < 4.78 is 5.01. The van der Waals surface area contributed by atoms with E-state index in [1.54, 1.807) is 11.8 Å². The molecule has 0 radical (unpaired) electrons. The molecule has 8 heteroatoms. The second kappa shape index (κ2) is 9.36. The minimum Gasteiger partial charge on any atom is -0.450 e. The van der Waals surface area contributed by atoms with E-state index in [4.69, 9.17) is 4.74 Å². The van der Waals surface area contributed by atoms with E-state index < -0.39 is 0 Å². The number of rotatable bonds is 5. The van der Waals surface area contributed by atoms with Gasteiger partial charge < -0.3 is 20.3 Å². The molecule has 3 rings (SSSR count). The largest absolute Gasteiger partial charge is 0.450 e. The summed E-state index contributed by atoms with van der Waals surface area (Å²) in [5.74, 6) is 0.236. The molecule has 0 aliphatic carbocycles. The van der Waals surface area contributed by atoms with Gasteiger partial charge in [-0.05, 0) is 44.7 Å². The minimum absolute atomic E-state index is 0.0144. The van der Waals surface area contributed by atoms with Gasteiger partial charge in [0.15, 0.2) is 0 Å². The van der Waals surface area contributed by atoms with Crippen LogP contribution in [-0.2, 0) is 4.74 Å². The van der Waals surface area contributed by atoms with Crippen molar-refractivity contribution in [1.29, 1.82) is 0 Å². The smallest absolute Gasteiger partial charge is 0.409 e. The van der Waals surface area contributed by atoms with E-state index in [0.29, 0.717) is 44.0 Å². The second-order valence-electron chi connectivity index (χ2n) is 7.12. The molecule has 1 fully saturated rings. The van der Waals surface area contributed by atoms with Crippen LogP contribution in [0, 0.1) is 13.8 Å². The normalized spacial score (nSPS) is 14.4. The summed E-state index contributed by atoms with van der Waals surface area (Å²) in [5.41, 5.74) is 3.58. The van der Waals surface area contributed by atoms with E-state index in [1.165, 1.54) is 12.4 Å². The van der Waals surface area contributed by atoms with Crippen LogP contribution in [0.1, 0.15) is 41.3 Å². The highest BCUT2D eigenvalue weighted by Crippen LogP contribution is 2.22. The number of benzene rings is 1. The first-order valence-electron chi connectivity index (χ1n) is 9.85. The van der Waals surface area contributed by atoms with Gasteiger partial charge in [0.05, 0.1) is 12.2 Å². The summed E-state index contributed by atoms with van der Waals surface area (Å²) >= 11 is 0. The Morgan fingerprint density at radius 3 is 2.34 bits per heavy atom. The molecule has 29 heavy (non-hydrogen) atoms. The van der Waals surface area contributed by atoms with E-state index in [0.717, 1.165) is 16.8 Å². The zero-order chi connectivity index (χ0) is 20.8. The number of para-hydroxylation sites is 1. The van der Waals surface area contributed by atoms with Gasteiger partial charge in [-0.25, -0.2) is 14.8 Å². The lowest BCUT2D eigenvalue weighted by atomic mass is 10.1. The number of ether oxygens (including phenoxy) is 1. The van der Waals surface area contributed by atoms with Crippen LogP contribution >= 0.6 is 0 Å². The molecule has 1 saturated heterocycles. The number of nitrogens with one attached hydrogen (secondary N) is 2. The molecule has 2 amide bonds. The number of carbonyl (C=O) groups is 2. The van der Waals surface area contributed by atoms with Gasteiger partial charge in [-0.15, -0.1) is 0 Å². The number of nitrogens with zero attached hydrogens (tertiary/aromatic N) is 3. The number of carbonyl (C=O) groups excluding carboxylic acids is 2. The molecule has 0 spiro atoms. The van der Waals surface area contributed by atoms with Crippen LogP contribution < -0.4 is 10.6 Å². The SMILES string of the molecule is CCOC(=O)N1CCC(NC(=O)c2cnc(Nc3c(C)cccc3C)nc2)CC1. The molecular formula is C21H27N5O3. The van der Waals surface area contributed by atoms with Crippen molar-refractivity contribution in [3.63, 3.8) is 0 Å². The summed E-state index contributed by atoms with van der Waals surface area (Å²) in [6.45, 7) is 7.33. The van der Waals surface area contributed by atoms with Gasteiger partial charge in [0, 0.05) is 37.2 Å². The van der Waals surface area contributed by atoms with E-state index in [1.807, 2.05) is 32.0 Å². The Bertz CT molecular complexity index is 841. The van der Waals surface area contributed by atoms with Crippen molar-refractivity contribution in [2.75, 3.05) is 25.0 Å². The fraction of sp³-hybridized carbons (Fsp3) is 0.429. The first-order chi connectivity index (χ1) is 14.0. The Morgan fingerprint density at radius 1 is 1.14 bits per heavy atom. The highest BCUT2D eigenvalue weighted by molar-refractivity contribution is 5.93. The van der Waals surface area contributed by atoms with Gasteiger partial charge in [0.2, 0.25) is 5.95 Å². The number of anilines is 2. The van der Waals surface area contributed by atoms with Crippen LogP contribution in [0.2, 0.25) is 0 Å². The number of aryl methyl sites for hydroxylation is 2. The summed E-state index contributed by atoms with van der Waals surface area (Å²) in [4.78, 5) is 34.5. The molecule has 1 aromatic carbocycles. The highest BCUT2D eigenvalue weighted by Gasteiger charge is 2.25. The van der Waals surface area contributed by atoms with Crippen molar-refractivity contribution >= 4 is 23.6 Å². The first kappa shape index (κ1) is 20.6. The third-order valence-corrected chi connectivity index (χ3v) is 4.99. The van der Waals surface area contributed by atoms with Crippen molar-refractivity contribution < 1.29 is 14.3 Å². The molecule has 1 aliphatic heterocycles. The minimum atomic E-state index is -0.294. The van der Waals surface area contributed by atoms with Crippen LogP contribution in [0.4, 0.5) is 16.4 Å². The Balaban J connectivity index is 1.54. The maximum absolute atomic E-state index is 12.5. The molecular weight excluding hydrogens is 370 g/mol. The molecule has 2 aromatic rings. The third-order valence-electron chi connectivity index (χ3n) is 4.99. The predicted molar refractivity (Wildman–Crippen MR) is 110 cm³/mol. The predicted octanol–water partition coefficient (Wildman–Crippen LogP) is 3.19. The molecule has 0 atom stereocenters. The van der Waals surface area contributed by atoms with E-state index >= 15 is 0 Å². The van der Waals surface area contributed by atoms with Gasteiger partial charge in [-0.3, -0.25) is 4.79 Å². The molecule has 2 heterocycles. The molecule has 1 aliphatic rings. The van der Waals surface area contributed by atoms with Crippen LogP contribution in [0.15, 0.2) is 30.6 Å². The van der Waals surface area contributed by atoms with Crippen LogP contribution in [0.25, 0.3) is 0 Å². The van der Waals surface area contributed by atoms with E-state index in [9.17, 15) is 9.59 Å². The fourth-order valence-electron chi connectivity index (χ4n) is 3.32. The van der Waals surface area contributed by atoms with Crippen molar-refractivity contribution in [3.8, 4) is 0 Å². The number of hydrogen-bond donors (Lipinski definition) is 2. The lowest BCUT2D eigenvalue weighted by Crippen LogP contribution is -2.46. The molecule has 8 nitrogen and oxygen atoms in total. The number of likely N-dealkylation sites (tertiary alicyclic amines) is 1. The van der Waals surface area contributed by atoms with Gasteiger partial charge >= 0.3 is 6.09 Å². The van der Waals surface area contributed by atoms with Crippen LogP contribution in [-0.4, -0.2) is 52.6 Å². The molecule has 0 bridgehead atoms. The average molecular weight is 397 g/mol. The summed E-state index contributed by atoms with van der Waals surface area (Å²) in [5, 5.41) is 6.21. The van der Waals surface area contributed by atoms with Crippen LogP contribution in [0.5, 0.6) is 0 Å². The van der Waals surface area contributed by atoms with E-state index in [2.05, 4.69) is 20.6 Å². The molecule has 2 N–H and O–H groups in total. The zero-order valence-electron chi connectivity index (χ0n) is 17.1. The maximum Gasteiger partial charge on any atom is 0.409 e. The van der Waals surface area contributed by atoms with Crippen molar-refractivity contribution in [3.05, 3.63) is 47.3 Å². The lowest BCUT2D eigenvalue weighted by Gasteiger charge is -2.31. The zero-order valence-corrected chi connectivity index (χ0v) is 17.1. The van der Waals surface area contributed by atoms with Gasteiger partial charge in [0.1, 0.15) is 0 Å². The second-order valence-corrected chi connectivity index (χ2v) is 7.12. The van der Waals surface area contributed by atoms with E-state index in [-0.39, 0.29) is 18.0 Å². The topological polar surface area (TPSA) is 96.5 Å². The fourth-order valence-corrected chi connectivity index (χ4v) is 3.32. The first-order valence-corrected chi connectivity index (χ1v) is 9.85. The summed E-state index contributed by atoms with van der Waals surface area (Å²) in [6.07, 6.45) is 4.13. The Kier molecular flexibility index (Phi) is 6.64. The summed E-state index contributed by atoms with van der Waals surface area (Å²) in [6, 6.07) is 6.05. The maximum atomic E-state index is 12.5. The quantitative estimate of drug-likeness (QED) is 0.804. The third kappa shape index (κ3) is 5.22. The number of hydrogen-bond acceptors (Lipinski definition) is 6. The molecule has 1 aromatic heterocycles. The van der Waals surface area contributed by atoms with Crippen molar-refractivity contribution in [1.82, 2.24) is 20.2 Å². The number of piperidine rings is 1. The Labute approximate surface area is 170 Å². The molecule has 154 valence electrons. The highest BCUT2D eigenvalue weighted by atomic mass is 16.6. The monoisotopic (exact) mass is 397 g/mol. The number of aromatic nitrogens is 2. The summed E-state index contributed by atoms with van der Waals surface area (Å²) in [7, 11) is 0. The van der Waals surface area contributed by atoms with Gasteiger partial charge in [-0.1, -0.05) is 18.2 Å². The van der Waals surface area contributed by atoms with Crippen molar-refractivity contribution in [2.24, 2.45) is 0 Å². The molecule has 0 saturated carbocycles. The standard InChI is InChI=1S/C21H27N5O3/c1-4-29-21(28)26-10-8-17(9-11-26)24-19(27)16-12-22-20(23-13-16)25-18-14(2)6-5-7-15(18)3/h5-7,12-13,17H,4,8-11H2,1-3H3,(H,24,27)(H,22,23,25). The van der Waals surface area contributed by atoms with Crippen molar-refractivity contribution in [2.45, 2.75) is 39.7 Å². The van der Waals surface area contributed by atoms with Gasteiger partial charge in [-0.2, -0.15) is 0 Å². The Morgan fingerprint density at radius 2 is 1.76 bits per heavy atom. The van der Waals surface area contributed by atoms with Crippen LogP contribution in [0.3, 0.4) is 0 Å². The molecule has 0 unspecified atom stereocenters. The average Bonchev–Trinajstić information content (AvgIpc) is 2.72. The number of amides is 2. The lowest BCUT2D eigenvalue weighted by molar-refractivity contribution is 0.0859. The Hall–Kier alpha value is -3.16.